The topological polar surface area (TPSA) is 38.7 Å². The third kappa shape index (κ3) is 2.35. The van der Waals surface area contributed by atoms with Crippen LogP contribution in [-0.4, -0.2) is 21.4 Å². The predicted molar refractivity (Wildman–Crippen MR) is 64.7 cm³/mol. The van der Waals surface area contributed by atoms with Crippen molar-refractivity contribution in [1.29, 1.82) is 0 Å². The van der Waals surface area contributed by atoms with Crippen LogP contribution < -0.4 is 0 Å². The zero-order chi connectivity index (χ0) is 10.7. The van der Waals surface area contributed by atoms with Gasteiger partial charge < -0.3 is 0 Å². The van der Waals surface area contributed by atoms with Crippen molar-refractivity contribution in [2.24, 2.45) is 0 Å². The van der Waals surface area contributed by atoms with Crippen LogP contribution in [0.1, 0.15) is 0 Å². The first-order chi connectivity index (χ1) is 7.31. The number of nitrogens with zero attached hydrogens (tertiary/aromatic N) is 3. The lowest BCUT2D eigenvalue weighted by Crippen LogP contribution is -1.92. The summed E-state index contributed by atoms with van der Waals surface area (Å²) in [5, 5.41) is 8.50. The Hall–Kier alpha value is -0.940. The average molecular weight is 282 g/mol. The molecule has 2 aromatic rings. The van der Waals surface area contributed by atoms with Gasteiger partial charge in [-0.1, -0.05) is 45.9 Å². The molecule has 0 amide bonds. The Morgan fingerprint density at radius 3 is 2.80 bits per heavy atom. The normalized spacial score (nSPS) is 10.3. The highest BCUT2D eigenvalue weighted by molar-refractivity contribution is 9.10. The quantitative estimate of drug-likeness (QED) is 0.794. The third-order valence-corrected chi connectivity index (χ3v) is 3.10. The van der Waals surface area contributed by atoms with E-state index in [2.05, 4.69) is 31.1 Å². The van der Waals surface area contributed by atoms with Gasteiger partial charge in [0.25, 0.3) is 0 Å². The van der Waals surface area contributed by atoms with E-state index in [1.807, 2.05) is 30.5 Å². The fraction of sp³-hybridized carbons (Fsp3) is 0.100. The lowest BCUT2D eigenvalue weighted by Gasteiger charge is -2.03. The summed E-state index contributed by atoms with van der Waals surface area (Å²) in [6.07, 6.45) is 3.60. The van der Waals surface area contributed by atoms with E-state index in [-0.39, 0.29) is 0 Å². The molecule has 1 aromatic carbocycles. The molecule has 0 aliphatic carbocycles. The summed E-state index contributed by atoms with van der Waals surface area (Å²) >= 11 is 4.97. The van der Waals surface area contributed by atoms with E-state index in [0.29, 0.717) is 5.16 Å². The van der Waals surface area contributed by atoms with Crippen molar-refractivity contribution in [3.05, 3.63) is 34.9 Å². The van der Waals surface area contributed by atoms with E-state index in [1.54, 1.807) is 6.20 Å². The molecule has 0 radical (unpaired) electrons. The first-order valence-electron chi connectivity index (χ1n) is 4.30. The van der Waals surface area contributed by atoms with Crippen LogP contribution in [0.15, 0.2) is 40.1 Å². The highest BCUT2D eigenvalue weighted by Gasteiger charge is 2.05. The van der Waals surface area contributed by atoms with E-state index < -0.39 is 0 Å². The van der Waals surface area contributed by atoms with Gasteiger partial charge in [0.05, 0.1) is 11.9 Å². The number of benzene rings is 1. The van der Waals surface area contributed by atoms with E-state index in [0.717, 1.165) is 15.7 Å². The minimum absolute atomic E-state index is 0.684. The van der Waals surface area contributed by atoms with E-state index in [9.17, 15) is 0 Å². The Morgan fingerprint density at radius 2 is 2.07 bits per heavy atom. The standard InChI is InChI=1S/C10H8BrN3S/c1-15-10-13-9(6-12-14-10)7-4-2-3-5-8(7)11/h2-6H,1H3. The van der Waals surface area contributed by atoms with Gasteiger partial charge in [0, 0.05) is 10.0 Å². The van der Waals surface area contributed by atoms with Gasteiger partial charge in [-0.2, -0.15) is 5.10 Å². The van der Waals surface area contributed by atoms with Gasteiger partial charge in [-0.15, -0.1) is 5.10 Å². The fourth-order valence-electron chi connectivity index (χ4n) is 1.17. The molecule has 0 atom stereocenters. The smallest absolute Gasteiger partial charge is 0.209 e. The molecule has 3 nitrogen and oxygen atoms in total. The van der Waals surface area contributed by atoms with Gasteiger partial charge in [0.2, 0.25) is 5.16 Å². The minimum Gasteiger partial charge on any atom is -0.219 e. The second-order valence-corrected chi connectivity index (χ2v) is 4.44. The summed E-state index contributed by atoms with van der Waals surface area (Å²) in [7, 11) is 0. The number of rotatable bonds is 2. The maximum atomic E-state index is 4.38. The molecule has 76 valence electrons. The molecule has 0 saturated carbocycles. The predicted octanol–water partition coefficient (Wildman–Crippen LogP) is 3.02. The summed E-state index contributed by atoms with van der Waals surface area (Å²) < 4.78 is 1.01. The Kier molecular flexibility index (Phi) is 3.33. The zero-order valence-corrected chi connectivity index (χ0v) is 10.4. The number of hydrogen-bond donors (Lipinski definition) is 0. The lowest BCUT2D eigenvalue weighted by molar-refractivity contribution is 0.845. The molecule has 1 aromatic heterocycles. The van der Waals surface area contributed by atoms with Crippen molar-refractivity contribution < 1.29 is 0 Å². The summed E-state index contributed by atoms with van der Waals surface area (Å²) in [5.74, 6) is 0. The molecule has 1 heterocycles. The van der Waals surface area contributed by atoms with Gasteiger partial charge in [0.1, 0.15) is 0 Å². The van der Waals surface area contributed by atoms with Gasteiger partial charge in [-0.25, -0.2) is 4.98 Å². The fourth-order valence-corrected chi connectivity index (χ4v) is 1.98. The molecule has 0 N–H and O–H groups in total. The van der Waals surface area contributed by atoms with Crippen molar-refractivity contribution in [2.75, 3.05) is 6.26 Å². The minimum atomic E-state index is 0.684. The van der Waals surface area contributed by atoms with Crippen LogP contribution in [0, 0.1) is 0 Å². The van der Waals surface area contributed by atoms with Crippen LogP contribution in [0.3, 0.4) is 0 Å². The highest BCUT2D eigenvalue weighted by Crippen LogP contribution is 2.26. The van der Waals surface area contributed by atoms with Crippen LogP contribution >= 0.6 is 27.7 Å². The van der Waals surface area contributed by atoms with Crippen LogP contribution in [0.4, 0.5) is 0 Å². The Labute approximate surface area is 100 Å². The third-order valence-electron chi connectivity index (χ3n) is 1.87. The second-order valence-electron chi connectivity index (χ2n) is 2.81. The Morgan fingerprint density at radius 1 is 1.27 bits per heavy atom. The van der Waals surface area contributed by atoms with Crippen molar-refractivity contribution in [2.45, 2.75) is 5.16 Å². The molecule has 0 aliphatic rings. The molecule has 0 spiro atoms. The van der Waals surface area contributed by atoms with Crippen molar-refractivity contribution >= 4 is 27.7 Å². The number of halogens is 1. The summed E-state index contributed by atoms with van der Waals surface area (Å²) in [5.41, 5.74) is 1.87. The summed E-state index contributed by atoms with van der Waals surface area (Å²) in [4.78, 5) is 4.38. The molecule has 2 rings (SSSR count). The van der Waals surface area contributed by atoms with Crippen molar-refractivity contribution in [3.63, 3.8) is 0 Å². The molecule has 0 fully saturated rings. The van der Waals surface area contributed by atoms with Crippen molar-refractivity contribution in [3.8, 4) is 11.3 Å². The number of thioether (sulfide) groups is 1. The molecular formula is C10H8BrN3S. The largest absolute Gasteiger partial charge is 0.219 e. The molecular weight excluding hydrogens is 274 g/mol. The molecule has 15 heavy (non-hydrogen) atoms. The molecule has 0 aliphatic heterocycles. The van der Waals surface area contributed by atoms with E-state index in [1.165, 1.54) is 11.8 Å². The Bertz CT molecular complexity index is 476. The first-order valence-corrected chi connectivity index (χ1v) is 6.31. The van der Waals surface area contributed by atoms with E-state index in [4.69, 9.17) is 0 Å². The Balaban J connectivity index is 2.49. The van der Waals surface area contributed by atoms with Gasteiger partial charge in [-0.05, 0) is 12.3 Å². The maximum absolute atomic E-state index is 4.38. The van der Waals surface area contributed by atoms with Gasteiger partial charge >= 0.3 is 0 Å². The molecule has 5 heteroatoms. The first kappa shape index (κ1) is 10.6. The highest BCUT2D eigenvalue weighted by atomic mass is 79.9. The number of hydrogen-bond acceptors (Lipinski definition) is 4. The average Bonchev–Trinajstić information content (AvgIpc) is 2.30. The molecule has 0 bridgehead atoms. The monoisotopic (exact) mass is 281 g/mol. The number of aromatic nitrogens is 3. The van der Waals surface area contributed by atoms with Crippen LogP contribution in [0.2, 0.25) is 0 Å². The van der Waals surface area contributed by atoms with Crippen molar-refractivity contribution in [1.82, 2.24) is 15.2 Å². The van der Waals surface area contributed by atoms with Gasteiger partial charge in [0.15, 0.2) is 0 Å². The van der Waals surface area contributed by atoms with Crippen LogP contribution in [-0.2, 0) is 0 Å². The summed E-state index contributed by atoms with van der Waals surface area (Å²) in [6.45, 7) is 0. The second kappa shape index (κ2) is 4.72. The van der Waals surface area contributed by atoms with Gasteiger partial charge in [-0.3, -0.25) is 0 Å². The molecule has 0 unspecified atom stereocenters. The van der Waals surface area contributed by atoms with Crippen LogP contribution in [0.25, 0.3) is 11.3 Å². The molecule has 0 saturated heterocycles. The van der Waals surface area contributed by atoms with E-state index >= 15 is 0 Å². The maximum Gasteiger partial charge on any atom is 0.209 e. The summed E-state index contributed by atoms with van der Waals surface area (Å²) in [6, 6.07) is 7.92. The zero-order valence-electron chi connectivity index (χ0n) is 8.01. The lowest BCUT2D eigenvalue weighted by atomic mass is 10.2. The SMILES string of the molecule is CSc1nncc(-c2ccccc2Br)n1. The van der Waals surface area contributed by atoms with Crippen LogP contribution in [0.5, 0.6) is 0 Å².